The van der Waals surface area contributed by atoms with Gasteiger partial charge in [-0.2, -0.15) is 0 Å². The van der Waals surface area contributed by atoms with Crippen molar-refractivity contribution in [2.45, 2.75) is 33.2 Å². The van der Waals surface area contributed by atoms with Gasteiger partial charge in [0.05, 0.1) is 12.1 Å². The van der Waals surface area contributed by atoms with Crippen LogP contribution in [0.2, 0.25) is 0 Å². The van der Waals surface area contributed by atoms with Crippen LogP contribution in [0.4, 0.5) is 0 Å². The van der Waals surface area contributed by atoms with Crippen LogP contribution in [0.5, 0.6) is 0 Å². The summed E-state index contributed by atoms with van der Waals surface area (Å²) in [6, 6.07) is 8.07. The molecule has 23 heavy (non-hydrogen) atoms. The van der Waals surface area contributed by atoms with Crippen molar-refractivity contribution < 1.29 is 14.3 Å². The molecule has 0 fully saturated rings. The average Bonchev–Trinajstić information content (AvgIpc) is 2.93. The maximum Gasteiger partial charge on any atom is 0.312 e. The standard InChI is InChI=1S/C17H20N2O3S/c1-11(2)18-15(20)9-22-16(21)8-14-10-23-17(19-14)13-6-4-5-12(3)7-13/h4-7,10-11H,8-9H2,1-3H3,(H,18,20). The van der Waals surface area contributed by atoms with Gasteiger partial charge in [-0.1, -0.05) is 23.8 Å². The van der Waals surface area contributed by atoms with Crippen molar-refractivity contribution in [1.82, 2.24) is 10.3 Å². The van der Waals surface area contributed by atoms with Crippen LogP contribution in [0.25, 0.3) is 10.6 Å². The molecule has 6 heteroatoms. The minimum Gasteiger partial charge on any atom is -0.455 e. The molecular formula is C17H20N2O3S. The Morgan fingerprint density at radius 2 is 2.13 bits per heavy atom. The summed E-state index contributed by atoms with van der Waals surface area (Å²) in [5.74, 6) is -0.753. The predicted octanol–water partition coefficient (Wildman–Crippen LogP) is 2.73. The second-order valence-corrected chi connectivity index (χ2v) is 6.43. The molecule has 2 rings (SSSR count). The molecule has 1 amide bonds. The SMILES string of the molecule is Cc1cccc(-c2nc(CC(=O)OCC(=O)NC(C)C)cs2)c1. The maximum atomic E-state index is 11.8. The lowest BCUT2D eigenvalue weighted by molar-refractivity contribution is -0.148. The first kappa shape index (κ1) is 17.1. The summed E-state index contributed by atoms with van der Waals surface area (Å²) in [7, 11) is 0. The topological polar surface area (TPSA) is 68.3 Å². The van der Waals surface area contributed by atoms with Gasteiger partial charge in [0, 0.05) is 17.0 Å². The van der Waals surface area contributed by atoms with Gasteiger partial charge in [0.1, 0.15) is 5.01 Å². The third-order valence-corrected chi connectivity index (χ3v) is 3.90. The van der Waals surface area contributed by atoms with Crippen LogP contribution in [0, 0.1) is 6.92 Å². The summed E-state index contributed by atoms with van der Waals surface area (Å²) in [4.78, 5) is 27.6. The van der Waals surface area contributed by atoms with Crippen LogP contribution in [0.3, 0.4) is 0 Å². The molecule has 0 aliphatic heterocycles. The van der Waals surface area contributed by atoms with Gasteiger partial charge >= 0.3 is 5.97 Å². The van der Waals surface area contributed by atoms with Crippen LogP contribution >= 0.6 is 11.3 Å². The Hall–Kier alpha value is -2.21. The molecule has 0 bridgehead atoms. The first-order valence-corrected chi connectivity index (χ1v) is 8.28. The first-order valence-electron chi connectivity index (χ1n) is 7.40. The van der Waals surface area contributed by atoms with Crippen molar-refractivity contribution in [3.8, 4) is 10.6 Å². The Morgan fingerprint density at radius 3 is 2.83 bits per heavy atom. The van der Waals surface area contributed by atoms with E-state index in [0.29, 0.717) is 5.69 Å². The molecule has 0 atom stereocenters. The van der Waals surface area contributed by atoms with E-state index in [0.717, 1.165) is 16.1 Å². The van der Waals surface area contributed by atoms with Gasteiger partial charge < -0.3 is 10.1 Å². The minimum atomic E-state index is -0.454. The summed E-state index contributed by atoms with van der Waals surface area (Å²) in [6.07, 6.45) is 0.0667. The van der Waals surface area contributed by atoms with Gasteiger partial charge in [-0.15, -0.1) is 11.3 Å². The van der Waals surface area contributed by atoms with E-state index in [4.69, 9.17) is 4.74 Å². The van der Waals surface area contributed by atoms with Gasteiger partial charge in [-0.25, -0.2) is 4.98 Å². The zero-order valence-corrected chi connectivity index (χ0v) is 14.3. The molecule has 1 aromatic heterocycles. The molecule has 1 aromatic carbocycles. The highest BCUT2D eigenvalue weighted by Gasteiger charge is 2.12. The van der Waals surface area contributed by atoms with Crippen LogP contribution in [0.1, 0.15) is 25.1 Å². The van der Waals surface area contributed by atoms with Crippen molar-refractivity contribution >= 4 is 23.2 Å². The van der Waals surface area contributed by atoms with Crippen LogP contribution in [-0.2, 0) is 20.7 Å². The fourth-order valence-electron chi connectivity index (χ4n) is 2.01. The van der Waals surface area contributed by atoms with E-state index in [-0.39, 0.29) is 25.0 Å². The molecule has 0 spiro atoms. The number of nitrogens with zero attached hydrogens (tertiary/aromatic N) is 1. The molecule has 0 radical (unpaired) electrons. The Kier molecular flexibility index (Phi) is 5.87. The van der Waals surface area contributed by atoms with E-state index in [9.17, 15) is 9.59 Å². The summed E-state index contributed by atoms with van der Waals surface area (Å²) in [5, 5.41) is 5.37. The largest absolute Gasteiger partial charge is 0.455 e. The summed E-state index contributed by atoms with van der Waals surface area (Å²) < 4.78 is 4.96. The van der Waals surface area contributed by atoms with E-state index < -0.39 is 5.97 Å². The number of hydrogen-bond acceptors (Lipinski definition) is 5. The van der Waals surface area contributed by atoms with E-state index in [1.807, 2.05) is 44.4 Å². The average molecular weight is 332 g/mol. The molecular weight excluding hydrogens is 312 g/mol. The van der Waals surface area contributed by atoms with Crippen LogP contribution in [0.15, 0.2) is 29.6 Å². The minimum absolute atomic E-state index is 0.0247. The molecule has 2 aromatic rings. The fourth-order valence-corrected chi connectivity index (χ4v) is 2.82. The summed E-state index contributed by atoms with van der Waals surface area (Å²) in [5.41, 5.74) is 2.85. The number of rotatable bonds is 6. The maximum absolute atomic E-state index is 11.8. The van der Waals surface area contributed by atoms with Gasteiger partial charge in [0.25, 0.3) is 5.91 Å². The Balaban J connectivity index is 1.89. The van der Waals surface area contributed by atoms with E-state index in [1.165, 1.54) is 11.3 Å². The highest BCUT2D eigenvalue weighted by Crippen LogP contribution is 2.24. The molecule has 0 saturated carbocycles. The fraction of sp³-hybridized carbons (Fsp3) is 0.353. The zero-order valence-electron chi connectivity index (χ0n) is 13.5. The lowest BCUT2D eigenvalue weighted by Gasteiger charge is -2.08. The summed E-state index contributed by atoms with van der Waals surface area (Å²) >= 11 is 1.49. The zero-order chi connectivity index (χ0) is 16.8. The number of carbonyl (C=O) groups excluding carboxylic acids is 2. The number of carbonyl (C=O) groups is 2. The Labute approximate surface area is 139 Å². The molecule has 122 valence electrons. The third-order valence-electron chi connectivity index (χ3n) is 2.96. The number of esters is 1. The number of benzene rings is 1. The highest BCUT2D eigenvalue weighted by atomic mass is 32.1. The number of ether oxygens (including phenoxy) is 1. The summed E-state index contributed by atoms with van der Waals surface area (Å²) in [6.45, 7) is 5.47. The quantitative estimate of drug-likeness (QED) is 0.826. The van der Waals surface area contributed by atoms with Crippen molar-refractivity contribution in [3.63, 3.8) is 0 Å². The molecule has 1 N–H and O–H groups in total. The lowest BCUT2D eigenvalue weighted by Crippen LogP contribution is -2.34. The third kappa shape index (κ3) is 5.49. The van der Waals surface area contributed by atoms with Gasteiger partial charge in [0.15, 0.2) is 6.61 Å². The van der Waals surface area contributed by atoms with Gasteiger partial charge in [-0.3, -0.25) is 9.59 Å². The molecule has 0 aliphatic carbocycles. The molecule has 0 saturated heterocycles. The number of hydrogen-bond donors (Lipinski definition) is 1. The number of aromatic nitrogens is 1. The predicted molar refractivity (Wildman–Crippen MR) is 90.2 cm³/mol. The van der Waals surface area contributed by atoms with E-state index in [1.54, 1.807) is 0 Å². The highest BCUT2D eigenvalue weighted by molar-refractivity contribution is 7.13. The molecule has 5 nitrogen and oxygen atoms in total. The second-order valence-electron chi connectivity index (χ2n) is 5.57. The number of aryl methyl sites for hydroxylation is 1. The number of thiazole rings is 1. The van der Waals surface area contributed by atoms with Crippen molar-refractivity contribution in [1.29, 1.82) is 0 Å². The Bertz CT molecular complexity index is 695. The van der Waals surface area contributed by atoms with Crippen LogP contribution < -0.4 is 5.32 Å². The normalized spacial score (nSPS) is 10.6. The van der Waals surface area contributed by atoms with E-state index in [2.05, 4.69) is 16.4 Å². The smallest absolute Gasteiger partial charge is 0.312 e. The van der Waals surface area contributed by atoms with Gasteiger partial charge in [-0.05, 0) is 26.8 Å². The molecule has 0 unspecified atom stereocenters. The van der Waals surface area contributed by atoms with E-state index >= 15 is 0 Å². The molecule has 0 aliphatic rings. The van der Waals surface area contributed by atoms with Crippen molar-refractivity contribution in [2.24, 2.45) is 0 Å². The van der Waals surface area contributed by atoms with Gasteiger partial charge in [0.2, 0.25) is 0 Å². The van der Waals surface area contributed by atoms with Crippen molar-refractivity contribution in [2.75, 3.05) is 6.61 Å². The Morgan fingerprint density at radius 1 is 1.35 bits per heavy atom. The second kappa shape index (κ2) is 7.87. The van der Waals surface area contributed by atoms with Crippen LogP contribution in [-0.4, -0.2) is 29.5 Å². The monoisotopic (exact) mass is 332 g/mol. The number of amides is 1. The lowest BCUT2D eigenvalue weighted by atomic mass is 10.1. The van der Waals surface area contributed by atoms with Crippen molar-refractivity contribution in [3.05, 3.63) is 40.9 Å². The first-order chi connectivity index (χ1) is 10.9. The number of nitrogens with one attached hydrogen (secondary N) is 1. The molecule has 1 heterocycles.